The molecule has 98 valence electrons. The maximum atomic E-state index is 10.9. The molecule has 0 saturated heterocycles. The standard InChI is InChI=1S/C13H17NO4/c1-8-4-3-5-11(9(8)2)14-7-10(13(17)18)6-12(15)16/h3-5,10,14H,6-7H2,1-2H3,(H,15,16)(H,17,18). The molecule has 0 aliphatic rings. The molecule has 5 heteroatoms. The highest BCUT2D eigenvalue weighted by Gasteiger charge is 2.20. The molecule has 0 heterocycles. The van der Waals surface area contributed by atoms with Gasteiger partial charge in [-0.05, 0) is 31.0 Å². The molecule has 0 spiro atoms. The summed E-state index contributed by atoms with van der Waals surface area (Å²) in [7, 11) is 0. The van der Waals surface area contributed by atoms with Gasteiger partial charge in [0.25, 0.3) is 0 Å². The van der Waals surface area contributed by atoms with Crippen molar-refractivity contribution in [2.75, 3.05) is 11.9 Å². The highest BCUT2D eigenvalue weighted by molar-refractivity contribution is 5.78. The van der Waals surface area contributed by atoms with Crippen molar-refractivity contribution < 1.29 is 19.8 Å². The van der Waals surface area contributed by atoms with Gasteiger partial charge in [0.15, 0.2) is 0 Å². The first-order valence-corrected chi connectivity index (χ1v) is 5.66. The van der Waals surface area contributed by atoms with Crippen molar-refractivity contribution in [3.63, 3.8) is 0 Å². The van der Waals surface area contributed by atoms with Crippen LogP contribution in [0.3, 0.4) is 0 Å². The molecule has 0 saturated carbocycles. The number of anilines is 1. The summed E-state index contributed by atoms with van der Waals surface area (Å²) >= 11 is 0. The van der Waals surface area contributed by atoms with Crippen LogP contribution < -0.4 is 5.32 Å². The summed E-state index contributed by atoms with van der Waals surface area (Å²) in [6.07, 6.45) is -0.382. The van der Waals surface area contributed by atoms with Gasteiger partial charge in [-0.3, -0.25) is 9.59 Å². The number of hydrogen-bond donors (Lipinski definition) is 3. The second-order valence-corrected chi connectivity index (χ2v) is 4.26. The Bertz CT molecular complexity index is 456. The molecular formula is C13H17NO4. The molecule has 1 aromatic rings. The van der Waals surface area contributed by atoms with Crippen molar-refractivity contribution >= 4 is 17.6 Å². The SMILES string of the molecule is Cc1cccc(NCC(CC(=O)O)C(=O)O)c1C. The number of hydrogen-bond acceptors (Lipinski definition) is 3. The lowest BCUT2D eigenvalue weighted by molar-refractivity contribution is -0.147. The zero-order valence-electron chi connectivity index (χ0n) is 10.4. The van der Waals surface area contributed by atoms with Crippen LogP contribution in [0, 0.1) is 19.8 Å². The average Bonchev–Trinajstić information content (AvgIpc) is 2.28. The predicted octanol–water partition coefficient (Wildman–Crippen LogP) is 1.89. The van der Waals surface area contributed by atoms with Gasteiger partial charge >= 0.3 is 11.9 Å². The molecule has 0 aliphatic heterocycles. The van der Waals surface area contributed by atoms with Gasteiger partial charge in [0.1, 0.15) is 0 Å². The molecule has 1 unspecified atom stereocenters. The third-order valence-electron chi connectivity index (χ3n) is 2.91. The molecule has 0 fully saturated rings. The van der Waals surface area contributed by atoms with E-state index < -0.39 is 17.9 Å². The first-order chi connectivity index (χ1) is 8.41. The molecule has 1 aromatic carbocycles. The third kappa shape index (κ3) is 3.76. The first kappa shape index (κ1) is 14.0. The van der Waals surface area contributed by atoms with Gasteiger partial charge in [0.2, 0.25) is 0 Å². The van der Waals surface area contributed by atoms with E-state index in [-0.39, 0.29) is 13.0 Å². The highest BCUT2D eigenvalue weighted by atomic mass is 16.4. The molecular weight excluding hydrogens is 234 g/mol. The van der Waals surface area contributed by atoms with E-state index in [0.29, 0.717) is 0 Å². The Morgan fingerprint density at radius 3 is 2.50 bits per heavy atom. The molecule has 0 aliphatic carbocycles. The van der Waals surface area contributed by atoms with Crippen LogP contribution in [0.4, 0.5) is 5.69 Å². The summed E-state index contributed by atoms with van der Waals surface area (Å²) < 4.78 is 0. The van der Waals surface area contributed by atoms with E-state index in [1.54, 1.807) is 0 Å². The van der Waals surface area contributed by atoms with Gasteiger partial charge in [-0.2, -0.15) is 0 Å². The number of carboxylic acid groups (broad SMARTS) is 2. The topological polar surface area (TPSA) is 86.6 Å². The van der Waals surface area contributed by atoms with Crippen molar-refractivity contribution in [3.8, 4) is 0 Å². The summed E-state index contributed by atoms with van der Waals surface area (Å²) in [5.41, 5.74) is 2.98. The Balaban J connectivity index is 2.70. The van der Waals surface area contributed by atoms with E-state index in [2.05, 4.69) is 5.32 Å². The number of benzene rings is 1. The van der Waals surface area contributed by atoms with E-state index >= 15 is 0 Å². The minimum absolute atomic E-state index is 0.103. The minimum atomic E-state index is -1.11. The van der Waals surface area contributed by atoms with Gasteiger partial charge in [0.05, 0.1) is 12.3 Å². The smallest absolute Gasteiger partial charge is 0.308 e. The minimum Gasteiger partial charge on any atom is -0.481 e. The van der Waals surface area contributed by atoms with Crippen molar-refractivity contribution in [2.45, 2.75) is 20.3 Å². The van der Waals surface area contributed by atoms with E-state index in [1.165, 1.54) is 0 Å². The number of carboxylic acids is 2. The Labute approximate surface area is 105 Å². The molecule has 3 N–H and O–H groups in total. The second-order valence-electron chi connectivity index (χ2n) is 4.26. The summed E-state index contributed by atoms with van der Waals surface area (Å²) in [4.78, 5) is 21.5. The maximum Gasteiger partial charge on any atom is 0.308 e. The molecule has 0 bridgehead atoms. The van der Waals surface area contributed by atoms with Crippen molar-refractivity contribution in [2.24, 2.45) is 5.92 Å². The molecule has 1 rings (SSSR count). The van der Waals surface area contributed by atoms with Crippen LogP contribution in [0.5, 0.6) is 0 Å². The fourth-order valence-corrected chi connectivity index (χ4v) is 1.63. The number of rotatable bonds is 6. The fraction of sp³-hybridized carbons (Fsp3) is 0.385. The lowest BCUT2D eigenvalue weighted by atomic mass is 10.0. The van der Waals surface area contributed by atoms with Crippen LogP contribution in [-0.4, -0.2) is 28.7 Å². The maximum absolute atomic E-state index is 10.9. The normalized spacial score (nSPS) is 11.9. The van der Waals surface area contributed by atoms with E-state index in [0.717, 1.165) is 16.8 Å². The molecule has 18 heavy (non-hydrogen) atoms. The van der Waals surface area contributed by atoms with Gasteiger partial charge in [-0.25, -0.2) is 0 Å². The monoisotopic (exact) mass is 251 g/mol. The lowest BCUT2D eigenvalue weighted by Crippen LogP contribution is -2.25. The molecule has 1 atom stereocenters. The van der Waals surface area contributed by atoms with Crippen molar-refractivity contribution in [1.82, 2.24) is 0 Å². The van der Waals surface area contributed by atoms with Crippen LogP contribution >= 0.6 is 0 Å². The molecule has 5 nitrogen and oxygen atoms in total. The zero-order valence-corrected chi connectivity index (χ0v) is 10.4. The summed E-state index contributed by atoms with van der Waals surface area (Å²) in [6.45, 7) is 4.00. The number of carbonyl (C=O) groups is 2. The van der Waals surface area contributed by atoms with E-state index in [9.17, 15) is 9.59 Å². The van der Waals surface area contributed by atoms with Crippen LogP contribution in [0.2, 0.25) is 0 Å². The number of aliphatic carboxylic acids is 2. The highest BCUT2D eigenvalue weighted by Crippen LogP contribution is 2.18. The van der Waals surface area contributed by atoms with Crippen LogP contribution in [-0.2, 0) is 9.59 Å². The van der Waals surface area contributed by atoms with Crippen LogP contribution in [0.25, 0.3) is 0 Å². The van der Waals surface area contributed by atoms with Gasteiger partial charge in [0, 0.05) is 12.2 Å². The quantitative estimate of drug-likeness (QED) is 0.718. The molecule has 0 aromatic heterocycles. The Hall–Kier alpha value is -2.04. The largest absolute Gasteiger partial charge is 0.481 e. The third-order valence-corrected chi connectivity index (χ3v) is 2.91. The first-order valence-electron chi connectivity index (χ1n) is 5.66. The Kier molecular flexibility index (Phi) is 4.71. The average molecular weight is 251 g/mol. The molecule has 0 radical (unpaired) electrons. The predicted molar refractivity (Wildman–Crippen MR) is 67.8 cm³/mol. The number of aryl methyl sites for hydroxylation is 1. The van der Waals surface area contributed by atoms with Crippen LogP contribution in [0.15, 0.2) is 18.2 Å². The summed E-state index contributed by atoms with van der Waals surface area (Å²) in [5, 5.41) is 20.6. The second kappa shape index (κ2) is 6.05. The van der Waals surface area contributed by atoms with E-state index in [1.807, 2.05) is 32.0 Å². The zero-order chi connectivity index (χ0) is 13.7. The van der Waals surface area contributed by atoms with Gasteiger partial charge in [-0.15, -0.1) is 0 Å². The molecule has 0 amide bonds. The van der Waals surface area contributed by atoms with Gasteiger partial charge < -0.3 is 15.5 Å². The van der Waals surface area contributed by atoms with E-state index in [4.69, 9.17) is 10.2 Å². The van der Waals surface area contributed by atoms with Crippen LogP contribution in [0.1, 0.15) is 17.5 Å². The lowest BCUT2D eigenvalue weighted by Gasteiger charge is -2.15. The Morgan fingerprint density at radius 2 is 1.94 bits per heavy atom. The van der Waals surface area contributed by atoms with Crippen molar-refractivity contribution in [1.29, 1.82) is 0 Å². The summed E-state index contributed by atoms with van der Waals surface area (Å²) in [5.74, 6) is -3.14. The van der Waals surface area contributed by atoms with Crippen molar-refractivity contribution in [3.05, 3.63) is 29.3 Å². The van der Waals surface area contributed by atoms with Gasteiger partial charge in [-0.1, -0.05) is 12.1 Å². The fourth-order valence-electron chi connectivity index (χ4n) is 1.63. The Morgan fingerprint density at radius 1 is 1.28 bits per heavy atom. The summed E-state index contributed by atoms with van der Waals surface area (Å²) in [6, 6.07) is 5.69. The number of nitrogens with one attached hydrogen (secondary N) is 1.